The van der Waals surface area contributed by atoms with Crippen LogP contribution in [0.4, 0.5) is 0 Å². The van der Waals surface area contributed by atoms with Gasteiger partial charge in [0.25, 0.3) is 0 Å². The zero-order chi connectivity index (χ0) is 18.5. The van der Waals surface area contributed by atoms with E-state index in [4.69, 9.17) is 14.2 Å². The number of ether oxygens (including phenoxy) is 3. The molecule has 0 spiro atoms. The number of benzene rings is 1. The van der Waals surface area contributed by atoms with E-state index in [0.717, 1.165) is 0 Å². The Morgan fingerprint density at radius 2 is 1.62 bits per heavy atom. The third-order valence-electron chi connectivity index (χ3n) is 3.24. The summed E-state index contributed by atoms with van der Waals surface area (Å²) < 4.78 is 42.9. The fourth-order valence-electron chi connectivity index (χ4n) is 2.16. The number of carboxylic acids is 1. The van der Waals surface area contributed by atoms with E-state index < -0.39 is 22.0 Å². The molecular weight excluding hydrogens is 338 g/mol. The van der Waals surface area contributed by atoms with Gasteiger partial charge in [-0.1, -0.05) is 13.8 Å². The molecule has 8 nitrogen and oxygen atoms in total. The second-order valence-electron chi connectivity index (χ2n) is 5.50. The number of methoxy groups -OCH3 is 3. The molecule has 1 aromatic rings. The van der Waals surface area contributed by atoms with Gasteiger partial charge in [0.05, 0.1) is 21.3 Å². The van der Waals surface area contributed by atoms with Crippen LogP contribution >= 0.6 is 0 Å². The standard InChI is InChI=1S/C15H23NO7S/c1-9(2)6-11(15(17)18)16-24(19,20)14-12(22-4)7-10(21-3)8-13(14)23-5/h7-9,11,16H,6H2,1-5H3,(H,17,18). The SMILES string of the molecule is COc1cc(OC)c(S(=O)(=O)NC(CC(C)C)C(=O)O)c(OC)c1. The van der Waals surface area contributed by atoms with Crippen molar-refractivity contribution in [2.75, 3.05) is 21.3 Å². The molecule has 0 aliphatic carbocycles. The second-order valence-corrected chi connectivity index (χ2v) is 7.15. The Balaban J connectivity index is 3.38. The Labute approximate surface area is 141 Å². The highest BCUT2D eigenvalue weighted by molar-refractivity contribution is 7.89. The third-order valence-corrected chi connectivity index (χ3v) is 4.78. The Hall–Kier alpha value is -2.00. The summed E-state index contributed by atoms with van der Waals surface area (Å²) in [4.78, 5) is 11.1. The van der Waals surface area contributed by atoms with E-state index in [9.17, 15) is 18.3 Å². The maximum atomic E-state index is 12.7. The highest BCUT2D eigenvalue weighted by Crippen LogP contribution is 2.37. The Morgan fingerprint density at radius 3 is 1.96 bits per heavy atom. The fourth-order valence-corrected chi connectivity index (χ4v) is 3.66. The highest BCUT2D eigenvalue weighted by atomic mass is 32.2. The number of carboxylic acid groups (broad SMARTS) is 1. The van der Waals surface area contributed by atoms with Gasteiger partial charge in [-0.15, -0.1) is 0 Å². The molecule has 0 radical (unpaired) electrons. The van der Waals surface area contributed by atoms with Gasteiger partial charge in [-0.2, -0.15) is 4.72 Å². The van der Waals surface area contributed by atoms with Crippen molar-refractivity contribution in [1.82, 2.24) is 4.72 Å². The molecule has 1 rings (SSSR count). The number of hydrogen-bond acceptors (Lipinski definition) is 6. The summed E-state index contributed by atoms with van der Waals surface area (Å²) >= 11 is 0. The van der Waals surface area contributed by atoms with Gasteiger partial charge >= 0.3 is 5.97 Å². The van der Waals surface area contributed by atoms with Crippen LogP contribution in [0.25, 0.3) is 0 Å². The lowest BCUT2D eigenvalue weighted by atomic mass is 10.1. The van der Waals surface area contributed by atoms with Gasteiger partial charge in [0.2, 0.25) is 10.0 Å². The average molecular weight is 361 g/mol. The summed E-state index contributed by atoms with van der Waals surface area (Å²) in [5.74, 6) is -0.924. The van der Waals surface area contributed by atoms with Gasteiger partial charge in [0, 0.05) is 12.1 Å². The molecule has 0 saturated heterocycles. The molecule has 1 aromatic carbocycles. The van der Waals surface area contributed by atoms with Crippen molar-refractivity contribution in [2.24, 2.45) is 5.92 Å². The summed E-state index contributed by atoms with van der Waals surface area (Å²) in [5.41, 5.74) is 0. The van der Waals surface area contributed by atoms with Crippen molar-refractivity contribution in [3.63, 3.8) is 0 Å². The molecule has 0 amide bonds. The summed E-state index contributed by atoms with van der Waals surface area (Å²) in [7, 11) is -0.173. The normalized spacial score (nSPS) is 12.8. The van der Waals surface area contributed by atoms with Crippen LogP contribution in [0.1, 0.15) is 20.3 Å². The molecular formula is C15H23NO7S. The van der Waals surface area contributed by atoms with E-state index in [1.54, 1.807) is 13.8 Å². The van der Waals surface area contributed by atoms with Crippen LogP contribution in [0, 0.1) is 5.92 Å². The first kappa shape index (κ1) is 20.0. The van der Waals surface area contributed by atoms with Crippen molar-refractivity contribution >= 4 is 16.0 Å². The molecule has 2 N–H and O–H groups in total. The van der Waals surface area contributed by atoms with E-state index in [-0.39, 0.29) is 28.7 Å². The summed E-state index contributed by atoms with van der Waals surface area (Å²) in [6.45, 7) is 3.61. The summed E-state index contributed by atoms with van der Waals surface area (Å²) in [6, 6.07) is 1.51. The number of nitrogens with one attached hydrogen (secondary N) is 1. The lowest BCUT2D eigenvalue weighted by Crippen LogP contribution is -2.41. The van der Waals surface area contributed by atoms with Crippen LogP contribution in [0.15, 0.2) is 17.0 Å². The van der Waals surface area contributed by atoms with E-state index in [0.29, 0.717) is 5.75 Å². The van der Waals surface area contributed by atoms with Crippen LogP contribution in [-0.4, -0.2) is 46.9 Å². The minimum Gasteiger partial charge on any atom is -0.496 e. The fraction of sp³-hybridized carbons (Fsp3) is 0.533. The molecule has 0 heterocycles. The van der Waals surface area contributed by atoms with E-state index in [1.165, 1.54) is 33.5 Å². The van der Waals surface area contributed by atoms with Gasteiger partial charge in [-0.3, -0.25) is 4.79 Å². The van der Waals surface area contributed by atoms with Crippen LogP contribution in [0.2, 0.25) is 0 Å². The molecule has 0 bridgehead atoms. The lowest BCUT2D eigenvalue weighted by molar-refractivity contribution is -0.139. The molecule has 9 heteroatoms. The molecule has 1 unspecified atom stereocenters. The quantitative estimate of drug-likeness (QED) is 0.685. The van der Waals surface area contributed by atoms with Gasteiger partial charge in [-0.25, -0.2) is 8.42 Å². The maximum Gasteiger partial charge on any atom is 0.321 e. The molecule has 0 aliphatic heterocycles. The highest BCUT2D eigenvalue weighted by Gasteiger charge is 2.31. The second kappa shape index (κ2) is 8.20. The Morgan fingerprint density at radius 1 is 1.12 bits per heavy atom. The number of rotatable bonds is 9. The van der Waals surface area contributed by atoms with Gasteiger partial charge in [0.1, 0.15) is 23.3 Å². The van der Waals surface area contributed by atoms with Gasteiger partial charge < -0.3 is 19.3 Å². The minimum atomic E-state index is -4.20. The number of hydrogen-bond donors (Lipinski definition) is 2. The van der Waals surface area contributed by atoms with Crippen LogP contribution in [0.5, 0.6) is 17.2 Å². The van der Waals surface area contributed by atoms with Crippen molar-refractivity contribution in [3.8, 4) is 17.2 Å². The molecule has 0 aliphatic rings. The van der Waals surface area contributed by atoms with E-state index >= 15 is 0 Å². The minimum absolute atomic E-state index is 0.00606. The average Bonchev–Trinajstić information content (AvgIpc) is 2.51. The zero-order valence-corrected chi connectivity index (χ0v) is 15.1. The first-order chi connectivity index (χ1) is 11.2. The Kier molecular flexibility index (Phi) is 6.85. The lowest BCUT2D eigenvalue weighted by Gasteiger charge is -2.19. The van der Waals surface area contributed by atoms with Crippen LogP contribution < -0.4 is 18.9 Å². The van der Waals surface area contributed by atoms with Crippen LogP contribution in [-0.2, 0) is 14.8 Å². The predicted molar refractivity (Wildman–Crippen MR) is 87.3 cm³/mol. The smallest absolute Gasteiger partial charge is 0.321 e. The maximum absolute atomic E-state index is 12.7. The molecule has 136 valence electrons. The number of aliphatic carboxylic acids is 1. The first-order valence-electron chi connectivity index (χ1n) is 7.21. The van der Waals surface area contributed by atoms with E-state index in [2.05, 4.69) is 4.72 Å². The van der Waals surface area contributed by atoms with E-state index in [1.807, 2.05) is 0 Å². The number of carbonyl (C=O) groups is 1. The Bertz CT molecular complexity index is 660. The van der Waals surface area contributed by atoms with Gasteiger partial charge in [0.15, 0.2) is 4.90 Å². The molecule has 24 heavy (non-hydrogen) atoms. The van der Waals surface area contributed by atoms with Crippen molar-refractivity contribution in [3.05, 3.63) is 12.1 Å². The van der Waals surface area contributed by atoms with Crippen LogP contribution in [0.3, 0.4) is 0 Å². The summed E-state index contributed by atoms with van der Waals surface area (Å²) in [5, 5.41) is 9.26. The monoisotopic (exact) mass is 361 g/mol. The molecule has 0 fully saturated rings. The largest absolute Gasteiger partial charge is 0.496 e. The molecule has 0 saturated carbocycles. The molecule has 0 aromatic heterocycles. The summed E-state index contributed by atoms with van der Waals surface area (Å²) in [6.07, 6.45) is 0.148. The van der Waals surface area contributed by atoms with Crippen molar-refractivity contribution < 1.29 is 32.5 Å². The third kappa shape index (κ3) is 4.75. The first-order valence-corrected chi connectivity index (χ1v) is 8.69. The molecule has 1 atom stereocenters. The predicted octanol–water partition coefficient (Wildman–Crippen LogP) is 1.49. The number of sulfonamides is 1. The van der Waals surface area contributed by atoms with Gasteiger partial charge in [-0.05, 0) is 12.3 Å². The van der Waals surface area contributed by atoms with Crippen molar-refractivity contribution in [1.29, 1.82) is 0 Å². The van der Waals surface area contributed by atoms with Crippen molar-refractivity contribution in [2.45, 2.75) is 31.2 Å². The topological polar surface area (TPSA) is 111 Å². The zero-order valence-electron chi connectivity index (χ0n) is 14.3.